The first-order valence-corrected chi connectivity index (χ1v) is 7.16. The quantitative estimate of drug-likeness (QED) is 0.805. The van der Waals surface area contributed by atoms with Crippen molar-refractivity contribution in [3.63, 3.8) is 0 Å². The molecule has 1 N–H and O–H groups in total. The number of ether oxygens (including phenoxy) is 1. The lowest BCUT2D eigenvalue weighted by Gasteiger charge is -1.96. The molecular weight excluding hydrogens is 282 g/mol. The zero-order valence-electron chi connectivity index (χ0n) is 9.91. The zero-order valence-corrected chi connectivity index (χ0v) is 11.5. The van der Waals surface area contributed by atoms with Crippen molar-refractivity contribution in [1.82, 2.24) is 9.97 Å². The third-order valence-corrected chi connectivity index (χ3v) is 4.00. The van der Waals surface area contributed by atoms with Gasteiger partial charge in [-0.3, -0.25) is 10.1 Å². The van der Waals surface area contributed by atoms with Gasteiger partial charge in [-0.15, -0.1) is 11.3 Å². The van der Waals surface area contributed by atoms with Crippen molar-refractivity contribution >= 4 is 43.9 Å². The number of methoxy groups -OCH3 is 1. The highest BCUT2D eigenvalue weighted by Crippen LogP contribution is 2.29. The standard InChI is InChI=1S/C12H9N3O2S2/c1-17-7-2-3-8-10(4-7)19-12(14-8)15-11(16)9-5-18-6-13-9/h2-6H,1H3,(H,14,15,16). The average molecular weight is 291 g/mol. The molecule has 0 spiro atoms. The summed E-state index contributed by atoms with van der Waals surface area (Å²) in [6.45, 7) is 0. The number of thiazole rings is 2. The summed E-state index contributed by atoms with van der Waals surface area (Å²) < 4.78 is 6.12. The molecule has 0 atom stereocenters. The predicted octanol–water partition coefficient (Wildman–Crippen LogP) is 3.01. The van der Waals surface area contributed by atoms with Gasteiger partial charge in [-0.05, 0) is 18.2 Å². The van der Waals surface area contributed by atoms with Gasteiger partial charge in [0.2, 0.25) is 0 Å². The van der Waals surface area contributed by atoms with Gasteiger partial charge in [-0.2, -0.15) is 0 Å². The highest BCUT2D eigenvalue weighted by atomic mass is 32.1. The van der Waals surface area contributed by atoms with E-state index in [0.717, 1.165) is 16.0 Å². The van der Waals surface area contributed by atoms with Crippen LogP contribution in [0.4, 0.5) is 5.13 Å². The largest absolute Gasteiger partial charge is 0.497 e. The Kier molecular flexibility index (Phi) is 3.14. The van der Waals surface area contributed by atoms with E-state index in [0.29, 0.717) is 10.8 Å². The Balaban J connectivity index is 1.87. The van der Waals surface area contributed by atoms with Crippen LogP contribution in [0.1, 0.15) is 10.5 Å². The predicted molar refractivity (Wildman–Crippen MR) is 76.2 cm³/mol. The fraction of sp³-hybridized carbons (Fsp3) is 0.0833. The average Bonchev–Trinajstić information content (AvgIpc) is 3.06. The molecule has 0 aliphatic carbocycles. The minimum atomic E-state index is -0.243. The van der Waals surface area contributed by atoms with Crippen molar-refractivity contribution in [2.24, 2.45) is 0 Å². The van der Waals surface area contributed by atoms with Gasteiger partial charge in [0.25, 0.3) is 5.91 Å². The van der Waals surface area contributed by atoms with Crippen LogP contribution in [0.2, 0.25) is 0 Å². The number of amides is 1. The van der Waals surface area contributed by atoms with Crippen LogP contribution in [-0.2, 0) is 0 Å². The van der Waals surface area contributed by atoms with E-state index in [-0.39, 0.29) is 5.91 Å². The summed E-state index contributed by atoms with van der Waals surface area (Å²) in [4.78, 5) is 20.2. The summed E-state index contributed by atoms with van der Waals surface area (Å²) >= 11 is 2.79. The topological polar surface area (TPSA) is 64.1 Å². The second-order valence-electron chi connectivity index (χ2n) is 3.68. The summed E-state index contributed by atoms with van der Waals surface area (Å²) in [6.07, 6.45) is 0. The molecule has 3 aromatic rings. The molecule has 0 bridgehead atoms. The molecule has 1 amide bonds. The van der Waals surface area contributed by atoms with Crippen LogP contribution in [0.3, 0.4) is 0 Å². The Labute approximate surface area is 116 Å². The molecular formula is C12H9N3O2S2. The van der Waals surface area contributed by atoms with Gasteiger partial charge in [0.1, 0.15) is 11.4 Å². The van der Waals surface area contributed by atoms with E-state index in [1.165, 1.54) is 22.7 Å². The molecule has 96 valence electrons. The molecule has 1 aromatic carbocycles. The minimum absolute atomic E-state index is 0.243. The monoisotopic (exact) mass is 291 g/mol. The molecule has 0 unspecified atom stereocenters. The molecule has 0 radical (unpaired) electrons. The number of anilines is 1. The molecule has 19 heavy (non-hydrogen) atoms. The van der Waals surface area contributed by atoms with Crippen LogP contribution in [0.15, 0.2) is 29.1 Å². The van der Waals surface area contributed by atoms with Crippen molar-refractivity contribution in [2.75, 3.05) is 12.4 Å². The highest BCUT2D eigenvalue weighted by Gasteiger charge is 2.11. The summed E-state index contributed by atoms with van der Waals surface area (Å²) in [7, 11) is 1.62. The number of nitrogens with zero attached hydrogens (tertiary/aromatic N) is 2. The number of fused-ring (bicyclic) bond motifs is 1. The second-order valence-corrected chi connectivity index (χ2v) is 5.43. The maximum Gasteiger partial charge on any atom is 0.276 e. The zero-order chi connectivity index (χ0) is 13.2. The summed E-state index contributed by atoms with van der Waals surface area (Å²) in [6, 6.07) is 5.60. The van der Waals surface area contributed by atoms with Crippen LogP contribution in [0.5, 0.6) is 5.75 Å². The Bertz CT molecular complexity index is 722. The Hall–Kier alpha value is -1.99. The molecule has 0 saturated heterocycles. The molecule has 2 heterocycles. The van der Waals surface area contributed by atoms with Crippen molar-refractivity contribution in [1.29, 1.82) is 0 Å². The molecule has 7 heteroatoms. The number of hydrogen-bond donors (Lipinski definition) is 1. The van der Waals surface area contributed by atoms with Gasteiger partial charge in [0.05, 0.1) is 22.8 Å². The third kappa shape index (κ3) is 2.42. The van der Waals surface area contributed by atoms with E-state index >= 15 is 0 Å². The first-order valence-electron chi connectivity index (χ1n) is 5.40. The van der Waals surface area contributed by atoms with E-state index in [1.54, 1.807) is 18.0 Å². The molecule has 0 fully saturated rings. The van der Waals surface area contributed by atoms with E-state index in [2.05, 4.69) is 15.3 Å². The number of aromatic nitrogens is 2. The number of carbonyl (C=O) groups excluding carboxylic acids is 1. The fourth-order valence-electron chi connectivity index (χ4n) is 1.57. The Morgan fingerprint density at radius 3 is 3.05 bits per heavy atom. The van der Waals surface area contributed by atoms with Crippen LogP contribution in [-0.4, -0.2) is 23.0 Å². The normalized spacial score (nSPS) is 10.6. The fourth-order valence-corrected chi connectivity index (χ4v) is 2.99. The van der Waals surface area contributed by atoms with Crippen LogP contribution in [0.25, 0.3) is 10.2 Å². The number of nitrogens with one attached hydrogen (secondary N) is 1. The van der Waals surface area contributed by atoms with Crippen molar-refractivity contribution in [3.05, 3.63) is 34.8 Å². The summed E-state index contributed by atoms with van der Waals surface area (Å²) in [5, 5.41) is 5.00. The smallest absolute Gasteiger partial charge is 0.276 e. The first kappa shape index (κ1) is 12.1. The number of hydrogen-bond acceptors (Lipinski definition) is 6. The van der Waals surface area contributed by atoms with Gasteiger partial charge in [-0.25, -0.2) is 9.97 Å². The van der Waals surface area contributed by atoms with Crippen molar-refractivity contribution in [3.8, 4) is 5.75 Å². The van der Waals surface area contributed by atoms with Crippen molar-refractivity contribution in [2.45, 2.75) is 0 Å². The minimum Gasteiger partial charge on any atom is -0.497 e. The van der Waals surface area contributed by atoms with Crippen molar-refractivity contribution < 1.29 is 9.53 Å². The number of carbonyl (C=O) groups is 1. The molecule has 0 saturated carbocycles. The van der Waals surface area contributed by atoms with Gasteiger partial charge >= 0.3 is 0 Å². The van der Waals surface area contributed by atoms with E-state index < -0.39 is 0 Å². The molecule has 2 aromatic heterocycles. The Morgan fingerprint density at radius 1 is 1.42 bits per heavy atom. The van der Waals surface area contributed by atoms with E-state index in [9.17, 15) is 4.79 Å². The van der Waals surface area contributed by atoms with Gasteiger partial charge in [-0.1, -0.05) is 11.3 Å². The van der Waals surface area contributed by atoms with Gasteiger partial charge in [0, 0.05) is 5.38 Å². The summed E-state index contributed by atoms with van der Waals surface area (Å²) in [5.74, 6) is 0.529. The molecule has 0 aliphatic heterocycles. The van der Waals surface area contributed by atoms with Crippen LogP contribution < -0.4 is 10.1 Å². The van der Waals surface area contributed by atoms with Gasteiger partial charge < -0.3 is 4.74 Å². The molecule has 0 aliphatic rings. The number of benzene rings is 1. The third-order valence-electron chi connectivity index (χ3n) is 2.48. The first-order chi connectivity index (χ1) is 9.26. The molecule has 3 rings (SSSR count). The second kappa shape index (κ2) is 4.94. The summed E-state index contributed by atoms with van der Waals surface area (Å²) in [5.41, 5.74) is 2.86. The lowest BCUT2D eigenvalue weighted by Crippen LogP contribution is -2.11. The van der Waals surface area contributed by atoms with Gasteiger partial charge in [0.15, 0.2) is 5.13 Å². The lowest BCUT2D eigenvalue weighted by atomic mass is 10.3. The highest BCUT2D eigenvalue weighted by molar-refractivity contribution is 7.22. The maximum absolute atomic E-state index is 11.9. The molecule has 5 nitrogen and oxygen atoms in total. The maximum atomic E-state index is 11.9. The van der Waals surface area contributed by atoms with Crippen LogP contribution in [0, 0.1) is 0 Å². The SMILES string of the molecule is COc1ccc2nc(NC(=O)c3cscn3)sc2c1. The number of rotatable bonds is 3. The van der Waals surface area contributed by atoms with Crippen LogP contribution >= 0.6 is 22.7 Å². The van der Waals surface area contributed by atoms with E-state index in [4.69, 9.17) is 4.74 Å². The Morgan fingerprint density at radius 2 is 2.32 bits per heavy atom. The lowest BCUT2D eigenvalue weighted by molar-refractivity contribution is 0.102. The van der Waals surface area contributed by atoms with E-state index in [1.807, 2.05) is 18.2 Å².